The molecular formula is C25H21N3O3. The maximum absolute atomic E-state index is 13.2. The molecule has 0 amide bonds. The molecule has 0 aliphatic carbocycles. The number of carbonyl (C=O) groups excluding carboxylic acids is 2. The summed E-state index contributed by atoms with van der Waals surface area (Å²) in [5.41, 5.74) is 9.53. The van der Waals surface area contributed by atoms with E-state index >= 15 is 0 Å². The van der Waals surface area contributed by atoms with E-state index in [1.807, 2.05) is 56.3 Å². The molecule has 0 unspecified atom stereocenters. The van der Waals surface area contributed by atoms with Gasteiger partial charge in [-0.1, -0.05) is 48.0 Å². The standard InChI is InChI=1S/C25H21N3O3/c1-15-11-12-16(2)20(13-15)23(29)17-7-3-4-8-18(17)25(30)31-14-22-27-21-10-6-5-9-19(21)24(26)28-22/h3-13H,14H2,1-2H3,(H2,26,27,28). The van der Waals surface area contributed by atoms with Gasteiger partial charge in [-0.05, 0) is 43.7 Å². The number of ether oxygens (including phenoxy) is 1. The fourth-order valence-electron chi connectivity index (χ4n) is 3.41. The summed E-state index contributed by atoms with van der Waals surface area (Å²) < 4.78 is 5.43. The van der Waals surface area contributed by atoms with Crippen LogP contribution in [0, 0.1) is 13.8 Å². The summed E-state index contributed by atoms with van der Waals surface area (Å²) in [5.74, 6) is -0.227. The number of esters is 1. The van der Waals surface area contributed by atoms with Crippen molar-refractivity contribution in [3.63, 3.8) is 0 Å². The molecule has 0 radical (unpaired) electrons. The van der Waals surface area contributed by atoms with Crippen molar-refractivity contribution in [2.45, 2.75) is 20.5 Å². The Bertz CT molecular complexity index is 1310. The van der Waals surface area contributed by atoms with E-state index in [2.05, 4.69) is 9.97 Å². The van der Waals surface area contributed by atoms with E-state index < -0.39 is 5.97 Å². The number of aromatic nitrogens is 2. The van der Waals surface area contributed by atoms with Crippen molar-refractivity contribution >= 4 is 28.5 Å². The highest BCUT2D eigenvalue weighted by molar-refractivity contribution is 6.15. The third kappa shape index (κ3) is 4.14. The molecule has 0 aliphatic heterocycles. The Labute approximate surface area is 179 Å². The van der Waals surface area contributed by atoms with Crippen LogP contribution in [0.15, 0.2) is 66.7 Å². The Morgan fingerprint density at radius 3 is 2.39 bits per heavy atom. The molecular weight excluding hydrogens is 390 g/mol. The van der Waals surface area contributed by atoms with Gasteiger partial charge in [-0.15, -0.1) is 0 Å². The largest absolute Gasteiger partial charge is 0.454 e. The van der Waals surface area contributed by atoms with E-state index in [4.69, 9.17) is 10.5 Å². The van der Waals surface area contributed by atoms with Gasteiger partial charge in [-0.3, -0.25) is 4.79 Å². The molecule has 0 fully saturated rings. The van der Waals surface area contributed by atoms with Gasteiger partial charge in [-0.2, -0.15) is 0 Å². The maximum Gasteiger partial charge on any atom is 0.339 e. The molecule has 1 aromatic heterocycles. The number of benzene rings is 3. The number of nitrogens with two attached hydrogens (primary N) is 1. The van der Waals surface area contributed by atoms with Gasteiger partial charge >= 0.3 is 5.97 Å². The quantitative estimate of drug-likeness (QED) is 0.386. The van der Waals surface area contributed by atoms with E-state index in [1.165, 1.54) is 0 Å². The first-order valence-electron chi connectivity index (χ1n) is 9.83. The van der Waals surface area contributed by atoms with E-state index in [0.717, 1.165) is 16.5 Å². The number of rotatable bonds is 5. The van der Waals surface area contributed by atoms with Crippen molar-refractivity contribution in [2.75, 3.05) is 5.73 Å². The van der Waals surface area contributed by atoms with Crippen LogP contribution in [0.5, 0.6) is 0 Å². The van der Waals surface area contributed by atoms with E-state index in [1.54, 1.807) is 24.3 Å². The number of nitrogen functional groups attached to an aromatic ring is 1. The van der Waals surface area contributed by atoms with Gasteiger partial charge in [0.2, 0.25) is 0 Å². The van der Waals surface area contributed by atoms with Crippen molar-refractivity contribution in [3.8, 4) is 0 Å². The number of fused-ring (bicyclic) bond motifs is 1. The number of anilines is 1. The van der Waals surface area contributed by atoms with E-state index in [-0.39, 0.29) is 18.0 Å². The van der Waals surface area contributed by atoms with Gasteiger partial charge in [0.1, 0.15) is 5.82 Å². The van der Waals surface area contributed by atoms with Crippen LogP contribution in [0.1, 0.15) is 43.2 Å². The van der Waals surface area contributed by atoms with Crippen LogP contribution in [0.3, 0.4) is 0 Å². The zero-order valence-corrected chi connectivity index (χ0v) is 17.3. The first-order valence-corrected chi connectivity index (χ1v) is 9.83. The van der Waals surface area contributed by atoms with Gasteiger partial charge in [0.05, 0.1) is 11.1 Å². The third-order valence-electron chi connectivity index (χ3n) is 5.04. The maximum atomic E-state index is 13.2. The second-order valence-corrected chi connectivity index (χ2v) is 7.31. The Kier molecular flexibility index (Phi) is 5.45. The van der Waals surface area contributed by atoms with Crippen molar-refractivity contribution < 1.29 is 14.3 Å². The number of aryl methyl sites for hydroxylation is 2. The smallest absolute Gasteiger partial charge is 0.339 e. The summed E-state index contributed by atoms with van der Waals surface area (Å²) in [7, 11) is 0. The minimum atomic E-state index is -0.621. The Morgan fingerprint density at radius 2 is 1.58 bits per heavy atom. The molecule has 4 rings (SSSR count). The summed E-state index contributed by atoms with van der Waals surface area (Å²) >= 11 is 0. The molecule has 0 atom stereocenters. The Hall–Kier alpha value is -4.06. The van der Waals surface area contributed by atoms with Crippen molar-refractivity contribution in [1.29, 1.82) is 0 Å². The number of para-hydroxylation sites is 1. The predicted octanol–water partition coefficient (Wildman–Crippen LogP) is 4.42. The van der Waals surface area contributed by atoms with Gasteiger partial charge < -0.3 is 10.5 Å². The van der Waals surface area contributed by atoms with Crippen LogP contribution in [-0.2, 0) is 11.3 Å². The minimum Gasteiger partial charge on any atom is -0.454 e. The Balaban J connectivity index is 1.59. The van der Waals surface area contributed by atoms with Crippen LogP contribution in [0.25, 0.3) is 10.9 Å². The second kappa shape index (κ2) is 8.36. The topological polar surface area (TPSA) is 95.2 Å². The normalized spacial score (nSPS) is 10.8. The monoisotopic (exact) mass is 411 g/mol. The summed E-state index contributed by atoms with van der Waals surface area (Å²) in [6, 6.07) is 19.6. The lowest BCUT2D eigenvalue weighted by molar-refractivity contribution is 0.0460. The minimum absolute atomic E-state index is 0.153. The highest BCUT2D eigenvalue weighted by atomic mass is 16.5. The first-order chi connectivity index (χ1) is 14.9. The highest BCUT2D eigenvalue weighted by Gasteiger charge is 2.21. The number of nitrogens with zero attached hydrogens (tertiary/aromatic N) is 2. The molecule has 0 aliphatic rings. The SMILES string of the molecule is Cc1ccc(C)c(C(=O)c2ccccc2C(=O)OCc2nc(N)c3ccccc3n2)c1. The molecule has 0 bridgehead atoms. The molecule has 154 valence electrons. The van der Waals surface area contributed by atoms with Crippen LogP contribution < -0.4 is 5.73 Å². The average molecular weight is 411 g/mol. The number of hydrogen-bond donors (Lipinski definition) is 1. The molecule has 6 heteroatoms. The van der Waals surface area contributed by atoms with Crippen LogP contribution in [-0.4, -0.2) is 21.7 Å². The lowest BCUT2D eigenvalue weighted by atomic mass is 9.94. The first kappa shape index (κ1) is 20.2. The molecule has 1 heterocycles. The van der Waals surface area contributed by atoms with Crippen molar-refractivity contribution in [2.24, 2.45) is 0 Å². The summed E-state index contributed by atoms with van der Waals surface area (Å²) in [5, 5.41) is 0.738. The van der Waals surface area contributed by atoms with Gasteiger partial charge in [0, 0.05) is 16.5 Å². The van der Waals surface area contributed by atoms with Crippen LogP contribution in [0.2, 0.25) is 0 Å². The molecule has 31 heavy (non-hydrogen) atoms. The number of hydrogen-bond acceptors (Lipinski definition) is 6. The molecule has 0 spiro atoms. The summed E-state index contributed by atoms with van der Waals surface area (Å²) in [6.45, 7) is 3.64. The van der Waals surface area contributed by atoms with Gasteiger partial charge in [-0.25, -0.2) is 14.8 Å². The third-order valence-corrected chi connectivity index (χ3v) is 5.04. The second-order valence-electron chi connectivity index (χ2n) is 7.31. The molecule has 0 saturated carbocycles. The highest BCUT2D eigenvalue weighted by Crippen LogP contribution is 2.21. The van der Waals surface area contributed by atoms with Crippen molar-refractivity contribution in [3.05, 3.63) is 100 Å². The van der Waals surface area contributed by atoms with Crippen molar-refractivity contribution in [1.82, 2.24) is 9.97 Å². The Morgan fingerprint density at radius 1 is 0.871 bits per heavy atom. The zero-order valence-electron chi connectivity index (χ0n) is 17.3. The lowest BCUT2D eigenvalue weighted by Crippen LogP contribution is -2.14. The van der Waals surface area contributed by atoms with Gasteiger partial charge in [0.25, 0.3) is 0 Å². The summed E-state index contributed by atoms with van der Waals surface area (Å²) in [6.07, 6.45) is 0. The molecule has 4 aromatic rings. The molecule has 6 nitrogen and oxygen atoms in total. The number of carbonyl (C=O) groups is 2. The van der Waals surface area contributed by atoms with Gasteiger partial charge in [0.15, 0.2) is 18.2 Å². The molecule has 0 saturated heterocycles. The molecule has 3 aromatic carbocycles. The van der Waals surface area contributed by atoms with Crippen LogP contribution in [0.4, 0.5) is 5.82 Å². The summed E-state index contributed by atoms with van der Waals surface area (Å²) in [4.78, 5) is 34.6. The fraction of sp³-hybridized carbons (Fsp3) is 0.120. The van der Waals surface area contributed by atoms with E-state index in [0.29, 0.717) is 28.3 Å². The fourth-order valence-corrected chi connectivity index (χ4v) is 3.41. The molecule has 2 N–H and O–H groups in total. The zero-order chi connectivity index (χ0) is 22.0. The lowest BCUT2D eigenvalue weighted by Gasteiger charge is -2.11. The predicted molar refractivity (Wildman–Crippen MR) is 119 cm³/mol. The van der Waals surface area contributed by atoms with E-state index in [9.17, 15) is 9.59 Å². The number of ketones is 1. The van der Waals surface area contributed by atoms with Crippen LogP contribution >= 0.6 is 0 Å². The average Bonchev–Trinajstić information content (AvgIpc) is 2.78.